The number of rotatable bonds is 3. The van der Waals surface area contributed by atoms with Crippen LogP contribution in [0.1, 0.15) is 29.5 Å². The summed E-state index contributed by atoms with van der Waals surface area (Å²) in [5.41, 5.74) is 5.43. The Bertz CT molecular complexity index is 591. The predicted molar refractivity (Wildman–Crippen MR) is 86.8 cm³/mol. The summed E-state index contributed by atoms with van der Waals surface area (Å²) in [6.45, 7) is 2.19. The Hall–Kier alpha value is -1.47. The van der Waals surface area contributed by atoms with Crippen molar-refractivity contribution < 1.29 is 0 Å². The average molecular weight is 286 g/mol. The Morgan fingerprint density at radius 1 is 1.00 bits per heavy atom. The van der Waals surface area contributed by atoms with Gasteiger partial charge in [0.1, 0.15) is 5.50 Å². The lowest BCUT2D eigenvalue weighted by molar-refractivity contribution is 0.670. The summed E-state index contributed by atoms with van der Waals surface area (Å²) in [4.78, 5) is 2.18. The van der Waals surface area contributed by atoms with Gasteiger partial charge in [-0.3, -0.25) is 0 Å². The number of halogens is 1. The molecule has 2 atom stereocenters. The van der Waals surface area contributed by atoms with E-state index in [0.29, 0.717) is 5.92 Å². The maximum Gasteiger partial charge on any atom is 0.111 e. The van der Waals surface area contributed by atoms with Crippen LogP contribution < -0.4 is 4.90 Å². The van der Waals surface area contributed by atoms with Gasteiger partial charge in [-0.2, -0.15) is 0 Å². The van der Waals surface area contributed by atoms with E-state index in [9.17, 15) is 0 Å². The van der Waals surface area contributed by atoms with Gasteiger partial charge in [0, 0.05) is 18.7 Å². The van der Waals surface area contributed by atoms with Crippen LogP contribution >= 0.6 is 11.6 Å². The molecule has 0 radical (unpaired) electrons. The normalized spacial score (nSPS) is 21.1. The fourth-order valence-electron chi connectivity index (χ4n) is 3.05. The molecule has 0 saturated heterocycles. The molecular formula is C18H20ClN. The molecular weight excluding hydrogens is 266 g/mol. The minimum atomic E-state index is 0.0400. The van der Waals surface area contributed by atoms with Gasteiger partial charge in [-0.05, 0) is 35.6 Å². The molecule has 1 heterocycles. The summed E-state index contributed by atoms with van der Waals surface area (Å²) >= 11 is 6.63. The summed E-state index contributed by atoms with van der Waals surface area (Å²) in [7, 11) is 2.08. The van der Waals surface area contributed by atoms with Crippen LogP contribution in [0, 0.1) is 0 Å². The largest absolute Gasteiger partial charge is 0.357 e. The molecule has 3 rings (SSSR count). The molecule has 0 fully saturated rings. The molecule has 0 saturated carbocycles. The van der Waals surface area contributed by atoms with Gasteiger partial charge in [-0.15, -0.1) is 0 Å². The van der Waals surface area contributed by atoms with E-state index in [-0.39, 0.29) is 5.50 Å². The Kier molecular flexibility index (Phi) is 3.71. The van der Waals surface area contributed by atoms with Gasteiger partial charge in [0.05, 0.1) is 0 Å². The van der Waals surface area contributed by atoms with Gasteiger partial charge in [-0.1, -0.05) is 61.0 Å². The quantitative estimate of drug-likeness (QED) is 0.589. The highest BCUT2D eigenvalue weighted by molar-refractivity contribution is 6.23. The molecule has 2 heteroatoms. The highest BCUT2D eigenvalue weighted by Gasteiger charge is 2.34. The number of benzene rings is 2. The van der Waals surface area contributed by atoms with Crippen LogP contribution in [-0.2, 0) is 12.8 Å². The summed E-state index contributed by atoms with van der Waals surface area (Å²) in [5, 5.41) is 0. The first-order valence-electron chi connectivity index (χ1n) is 7.24. The topological polar surface area (TPSA) is 3.24 Å². The SMILES string of the molecule is CCc1ccc(CC2c3ccccc3N(C)C2Cl)cc1. The van der Waals surface area contributed by atoms with Gasteiger partial charge in [0.15, 0.2) is 0 Å². The zero-order valence-corrected chi connectivity index (χ0v) is 12.8. The maximum atomic E-state index is 6.63. The Morgan fingerprint density at radius 2 is 1.65 bits per heavy atom. The molecule has 0 bridgehead atoms. The fourth-order valence-corrected chi connectivity index (χ4v) is 3.38. The van der Waals surface area contributed by atoms with Crippen molar-refractivity contribution in [2.24, 2.45) is 0 Å². The van der Waals surface area contributed by atoms with Gasteiger partial charge < -0.3 is 4.90 Å². The van der Waals surface area contributed by atoms with Crippen LogP contribution in [0.3, 0.4) is 0 Å². The van der Waals surface area contributed by atoms with Crippen molar-refractivity contribution in [3.63, 3.8) is 0 Å². The van der Waals surface area contributed by atoms with Crippen LogP contribution in [0.2, 0.25) is 0 Å². The van der Waals surface area contributed by atoms with Crippen molar-refractivity contribution in [2.75, 3.05) is 11.9 Å². The third-order valence-corrected chi connectivity index (χ3v) is 4.90. The minimum Gasteiger partial charge on any atom is -0.357 e. The van der Waals surface area contributed by atoms with Crippen molar-refractivity contribution in [1.29, 1.82) is 0 Å². The molecule has 1 nitrogen and oxygen atoms in total. The van der Waals surface area contributed by atoms with Crippen molar-refractivity contribution in [2.45, 2.75) is 31.2 Å². The Labute approximate surface area is 126 Å². The van der Waals surface area contributed by atoms with E-state index in [1.165, 1.54) is 22.4 Å². The Balaban J connectivity index is 1.86. The third-order valence-electron chi connectivity index (χ3n) is 4.31. The molecule has 0 spiro atoms. The van der Waals surface area contributed by atoms with Crippen LogP contribution in [0.25, 0.3) is 0 Å². The van der Waals surface area contributed by atoms with E-state index in [1.54, 1.807) is 0 Å². The minimum absolute atomic E-state index is 0.0400. The lowest BCUT2D eigenvalue weighted by atomic mass is 9.93. The van der Waals surface area contributed by atoms with Gasteiger partial charge >= 0.3 is 0 Å². The molecule has 104 valence electrons. The van der Waals surface area contributed by atoms with Crippen LogP contribution in [0.4, 0.5) is 5.69 Å². The smallest absolute Gasteiger partial charge is 0.111 e. The third kappa shape index (κ3) is 2.31. The van der Waals surface area contributed by atoms with E-state index in [2.05, 4.69) is 67.4 Å². The fraction of sp³-hybridized carbons (Fsp3) is 0.333. The molecule has 0 aromatic heterocycles. The van der Waals surface area contributed by atoms with Crippen LogP contribution in [0.5, 0.6) is 0 Å². The number of para-hydroxylation sites is 1. The number of aryl methyl sites for hydroxylation is 1. The number of fused-ring (bicyclic) bond motifs is 1. The molecule has 1 aliphatic rings. The highest BCUT2D eigenvalue weighted by Crippen LogP contribution is 2.43. The number of anilines is 1. The van der Waals surface area contributed by atoms with E-state index >= 15 is 0 Å². The summed E-state index contributed by atoms with van der Waals surface area (Å²) in [5.74, 6) is 0.366. The van der Waals surface area contributed by atoms with Crippen LogP contribution in [0.15, 0.2) is 48.5 Å². The second-order valence-corrected chi connectivity index (χ2v) is 5.97. The number of hydrogen-bond donors (Lipinski definition) is 0. The number of hydrogen-bond acceptors (Lipinski definition) is 1. The van der Waals surface area contributed by atoms with Gasteiger partial charge in [0.2, 0.25) is 0 Å². The molecule has 0 N–H and O–H groups in total. The first-order valence-corrected chi connectivity index (χ1v) is 7.68. The average Bonchev–Trinajstić information content (AvgIpc) is 2.74. The Morgan fingerprint density at radius 3 is 2.35 bits per heavy atom. The molecule has 2 aromatic carbocycles. The molecule has 0 aliphatic carbocycles. The lowest BCUT2D eigenvalue weighted by Crippen LogP contribution is -2.25. The van der Waals surface area contributed by atoms with Crippen molar-refractivity contribution in [3.05, 3.63) is 65.2 Å². The van der Waals surface area contributed by atoms with E-state index in [0.717, 1.165) is 12.8 Å². The summed E-state index contributed by atoms with van der Waals surface area (Å²) < 4.78 is 0. The van der Waals surface area contributed by atoms with E-state index in [4.69, 9.17) is 11.6 Å². The highest BCUT2D eigenvalue weighted by atomic mass is 35.5. The molecule has 2 unspecified atom stereocenters. The maximum absolute atomic E-state index is 6.63. The molecule has 1 aliphatic heterocycles. The monoisotopic (exact) mass is 285 g/mol. The predicted octanol–water partition coefficient (Wildman–Crippen LogP) is 4.59. The van der Waals surface area contributed by atoms with Crippen molar-refractivity contribution in [3.8, 4) is 0 Å². The first-order chi connectivity index (χ1) is 9.70. The lowest BCUT2D eigenvalue weighted by Gasteiger charge is -2.20. The van der Waals surface area contributed by atoms with Crippen LogP contribution in [-0.4, -0.2) is 12.5 Å². The standard InChI is InChI=1S/C18H20ClN/c1-3-13-8-10-14(11-9-13)12-16-15-6-4-5-7-17(15)20(2)18(16)19/h4-11,16,18H,3,12H2,1-2H3. The molecule has 2 aromatic rings. The zero-order chi connectivity index (χ0) is 14.1. The number of nitrogens with zero attached hydrogens (tertiary/aromatic N) is 1. The molecule has 0 amide bonds. The summed E-state index contributed by atoms with van der Waals surface area (Å²) in [6, 6.07) is 17.5. The molecule has 20 heavy (non-hydrogen) atoms. The first kappa shape index (κ1) is 13.5. The van der Waals surface area contributed by atoms with Gasteiger partial charge in [0.25, 0.3) is 0 Å². The number of alkyl halides is 1. The van der Waals surface area contributed by atoms with Crippen molar-refractivity contribution in [1.82, 2.24) is 0 Å². The number of likely N-dealkylation sites (N-methyl/N-ethyl adjacent to an activating group) is 1. The second kappa shape index (κ2) is 5.49. The zero-order valence-electron chi connectivity index (χ0n) is 12.0. The van der Waals surface area contributed by atoms with Crippen molar-refractivity contribution >= 4 is 17.3 Å². The van der Waals surface area contributed by atoms with E-state index < -0.39 is 0 Å². The van der Waals surface area contributed by atoms with Gasteiger partial charge in [-0.25, -0.2) is 0 Å². The second-order valence-electron chi connectivity index (χ2n) is 5.52. The summed E-state index contributed by atoms with van der Waals surface area (Å²) in [6.07, 6.45) is 2.09. The van der Waals surface area contributed by atoms with E-state index in [1.807, 2.05) is 0 Å².